The quantitative estimate of drug-likeness (QED) is 0.823. The Morgan fingerprint density at radius 3 is 2.50 bits per heavy atom. The van der Waals surface area contributed by atoms with Gasteiger partial charge in [0, 0.05) is 6.20 Å². The van der Waals surface area contributed by atoms with Crippen molar-refractivity contribution in [3.8, 4) is 0 Å². The van der Waals surface area contributed by atoms with Crippen LogP contribution >= 0.6 is 0 Å². The average Bonchev–Trinajstić information content (AvgIpc) is 2.46. The van der Waals surface area contributed by atoms with E-state index in [0.717, 1.165) is 4.90 Å². The summed E-state index contributed by atoms with van der Waals surface area (Å²) in [6, 6.07) is 0.924. The molecule has 4 amide bonds. The standard InChI is InChI=1S/C13H16N4O3/c1-3-13(4-2)10(18)16-12(20)17(11(13)19)7-9-5-6-14-8-15-9/h5-6,8H,3-4,7H2,1-2H3,(H,16,18,20). The maximum Gasteiger partial charge on any atom is 0.331 e. The number of carbonyl (C=O) groups excluding carboxylic acids is 3. The van der Waals surface area contributed by atoms with Gasteiger partial charge in [0.1, 0.15) is 11.7 Å². The van der Waals surface area contributed by atoms with E-state index in [4.69, 9.17) is 0 Å². The predicted molar refractivity (Wildman–Crippen MR) is 69.1 cm³/mol. The molecule has 0 radical (unpaired) electrons. The van der Waals surface area contributed by atoms with Crippen LogP contribution in [0.25, 0.3) is 0 Å². The predicted octanol–water partition coefficient (Wildman–Crippen LogP) is 0.861. The maximum atomic E-state index is 12.5. The average molecular weight is 276 g/mol. The molecule has 0 atom stereocenters. The van der Waals surface area contributed by atoms with Gasteiger partial charge in [-0.15, -0.1) is 0 Å². The number of aromatic nitrogens is 2. The Morgan fingerprint density at radius 2 is 1.95 bits per heavy atom. The lowest BCUT2D eigenvalue weighted by Crippen LogP contribution is -2.63. The van der Waals surface area contributed by atoms with Gasteiger partial charge in [-0.3, -0.25) is 19.8 Å². The first-order valence-corrected chi connectivity index (χ1v) is 6.47. The maximum absolute atomic E-state index is 12.5. The van der Waals surface area contributed by atoms with E-state index in [1.807, 2.05) is 0 Å². The summed E-state index contributed by atoms with van der Waals surface area (Å²) in [5, 5.41) is 2.26. The van der Waals surface area contributed by atoms with Crippen LogP contribution in [-0.4, -0.2) is 32.7 Å². The molecule has 0 bridgehead atoms. The van der Waals surface area contributed by atoms with Crippen LogP contribution < -0.4 is 5.32 Å². The summed E-state index contributed by atoms with van der Waals surface area (Å²) in [6.07, 6.45) is 3.58. The number of nitrogens with zero attached hydrogens (tertiary/aromatic N) is 3. The molecule has 7 heteroatoms. The van der Waals surface area contributed by atoms with Crippen LogP contribution in [0.3, 0.4) is 0 Å². The first-order valence-electron chi connectivity index (χ1n) is 6.47. The zero-order chi connectivity index (χ0) is 14.8. The van der Waals surface area contributed by atoms with Crippen molar-refractivity contribution in [2.24, 2.45) is 5.41 Å². The first kappa shape index (κ1) is 14.1. The van der Waals surface area contributed by atoms with Crippen LogP contribution in [0.1, 0.15) is 32.4 Å². The molecular weight excluding hydrogens is 260 g/mol. The van der Waals surface area contributed by atoms with Crippen LogP contribution in [0.2, 0.25) is 0 Å². The van der Waals surface area contributed by atoms with Crippen molar-refractivity contribution < 1.29 is 14.4 Å². The van der Waals surface area contributed by atoms with E-state index in [9.17, 15) is 14.4 Å². The van der Waals surface area contributed by atoms with Crippen molar-refractivity contribution in [1.82, 2.24) is 20.2 Å². The lowest BCUT2D eigenvalue weighted by molar-refractivity contribution is -0.152. The first-order chi connectivity index (χ1) is 9.55. The van der Waals surface area contributed by atoms with Crippen molar-refractivity contribution in [3.05, 3.63) is 24.3 Å². The Bertz CT molecular complexity index is 540. The van der Waals surface area contributed by atoms with Gasteiger partial charge >= 0.3 is 6.03 Å². The summed E-state index contributed by atoms with van der Waals surface area (Å²) in [5.41, 5.74) is -0.625. The SMILES string of the molecule is CCC1(CC)C(=O)NC(=O)N(Cc2ccncn2)C1=O. The Balaban J connectivity index is 2.31. The van der Waals surface area contributed by atoms with Gasteiger partial charge in [-0.25, -0.2) is 14.8 Å². The highest BCUT2D eigenvalue weighted by atomic mass is 16.2. The molecular formula is C13H16N4O3. The van der Waals surface area contributed by atoms with E-state index in [1.165, 1.54) is 12.5 Å². The Kier molecular flexibility index (Phi) is 3.78. The third kappa shape index (κ3) is 2.15. The van der Waals surface area contributed by atoms with Gasteiger partial charge in [0.2, 0.25) is 11.8 Å². The number of hydrogen-bond acceptors (Lipinski definition) is 5. The highest BCUT2D eigenvalue weighted by Crippen LogP contribution is 2.32. The fraction of sp³-hybridized carbons (Fsp3) is 0.462. The Hall–Kier alpha value is -2.31. The van der Waals surface area contributed by atoms with Gasteiger partial charge in [0.25, 0.3) is 0 Å². The van der Waals surface area contributed by atoms with Crippen LogP contribution in [0.4, 0.5) is 4.79 Å². The molecule has 2 rings (SSSR count). The molecule has 106 valence electrons. The number of hydrogen-bond donors (Lipinski definition) is 1. The van der Waals surface area contributed by atoms with Crippen molar-refractivity contribution in [2.45, 2.75) is 33.2 Å². The van der Waals surface area contributed by atoms with Gasteiger partial charge in [-0.2, -0.15) is 0 Å². The Labute approximate surface area is 116 Å². The molecule has 0 spiro atoms. The second-order valence-electron chi connectivity index (χ2n) is 4.64. The molecule has 0 unspecified atom stereocenters. The van der Waals surface area contributed by atoms with Crippen molar-refractivity contribution >= 4 is 17.8 Å². The molecule has 1 aliphatic rings. The topological polar surface area (TPSA) is 92.3 Å². The van der Waals surface area contributed by atoms with Crippen LogP contribution in [0, 0.1) is 5.41 Å². The van der Waals surface area contributed by atoms with E-state index in [0.29, 0.717) is 18.5 Å². The van der Waals surface area contributed by atoms with E-state index in [-0.39, 0.29) is 6.54 Å². The molecule has 7 nitrogen and oxygen atoms in total. The van der Waals surface area contributed by atoms with E-state index >= 15 is 0 Å². The third-order valence-corrected chi connectivity index (χ3v) is 3.73. The minimum Gasteiger partial charge on any atom is -0.277 e. The number of amides is 4. The zero-order valence-electron chi connectivity index (χ0n) is 11.4. The fourth-order valence-corrected chi connectivity index (χ4v) is 2.32. The third-order valence-electron chi connectivity index (χ3n) is 3.73. The van der Waals surface area contributed by atoms with Gasteiger partial charge in [0.05, 0.1) is 12.2 Å². The van der Waals surface area contributed by atoms with Gasteiger partial charge < -0.3 is 0 Å². The molecule has 1 aliphatic heterocycles. The van der Waals surface area contributed by atoms with Crippen molar-refractivity contribution in [1.29, 1.82) is 0 Å². The lowest BCUT2D eigenvalue weighted by Gasteiger charge is -2.38. The number of rotatable bonds is 4. The number of urea groups is 1. The van der Waals surface area contributed by atoms with E-state index < -0.39 is 23.3 Å². The number of imide groups is 2. The second kappa shape index (κ2) is 5.36. The minimum atomic E-state index is -1.17. The summed E-state index contributed by atoms with van der Waals surface area (Å²) >= 11 is 0. The van der Waals surface area contributed by atoms with Crippen molar-refractivity contribution in [3.63, 3.8) is 0 Å². The Morgan fingerprint density at radius 1 is 1.25 bits per heavy atom. The summed E-state index contributed by atoms with van der Waals surface area (Å²) in [7, 11) is 0. The normalized spacial score (nSPS) is 18.1. The van der Waals surface area contributed by atoms with E-state index in [1.54, 1.807) is 19.9 Å². The summed E-state index contributed by atoms with van der Waals surface area (Å²) < 4.78 is 0. The molecule has 1 aromatic heterocycles. The largest absolute Gasteiger partial charge is 0.331 e. The van der Waals surface area contributed by atoms with Gasteiger partial charge in [-0.05, 0) is 18.9 Å². The number of carbonyl (C=O) groups is 3. The molecule has 0 aliphatic carbocycles. The van der Waals surface area contributed by atoms with Crippen LogP contribution in [-0.2, 0) is 16.1 Å². The molecule has 1 N–H and O–H groups in total. The molecule has 20 heavy (non-hydrogen) atoms. The molecule has 0 saturated carbocycles. The molecule has 1 saturated heterocycles. The van der Waals surface area contributed by atoms with E-state index in [2.05, 4.69) is 15.3 Å². The second-order valence-corrected chi connectivity index (χ2v) is 4.64. The molecule has 2 heterocycles. The smallest absolute Gasteiger partial charge is 0.277 e. The molecule has 1 aromatic rings. The lowest BCUT2D eigenvalue weighted by atomic mass is 9.78. The van der Waals surface area contributed by atoms with Gasteiger partial charge in [0.15, 0.2) is 0 Å². The van der Waals surface area contributed by atoms with Crippen LogP contribution in [0.15, 0.2) is 18.6 Å². The highest BCUT2D eigenvalue weighted by molar-refractivity contribution is 6.19. The highest BCUT2D eigenvalue weighted by Gasteiger charge is 2.51. The molecule has 1 fully saturated rings. The summed E-state index contributed by atoms with van der Waals surface area (Å²) in [5.74, 6) is -0.980. The monoisotopic (exact) mass is 276 g/mol. The summed E-state index contributed by atoms with van der Waals surface area (Å²) in [6.45, 7) is 3.56. The fourth-order valence-electron chi connectivity index (χ4n) is 2.32. The van der Waals surface area contributed by atoms with Crippen LogP contribution in [0.5, 0.6) is 0 Å². The van der Waals surface area contributed by atoms with Crippen molar-refractivity contribution in [2.75, 3.05) is 0 Å². The number of barbiturate groups is 1. The minimum absolute atomic E-state index is 0.0300. The molecule has 0 aromatic carbocycles. The number of nitrogens with one attached hydrogen (secondary N) is 1. The zero-order valence-corrected chi connectivity index (χ0v) is 11.4. The summed E-state index contributed by atoms with van der Waals surface area (Å²) in [4.78, 5) is 45.2. The van der Waals surface area contributed by atoms with Gasteiger partial charge in [-0.1, -0.05) is 13.8 Å².